The monoisotopic (exact) mass is 1320 g/mol. The molecule has 0 radical (unpaired) electrons. The molecule has 9 nitrogen and oxygen atoms in total. The van der Waals surface area contributed by atoms with Crippen molar-refractivity contribution in [3.8, 4) is 0 Å². The summed E-state index contributed by atoms with van der Waals surface area (Å²) in [7, 11) is -12.5. The summed E-state index contributed by atoms with van der Waals surface area (Å²) < 4.78 is 38.3. The second-order valence-electron chi connectivity index (χ2n) is 22.0. The maximum atomic E-state index is 7.46. The molecule has 0 amide bonds. The van der Waals surface area contributed by atoms with E-state index in [-0.39, 0.29) is 0 Å². The van der Waals surface area contributed by atoms with Gasteiger partial charge in [-0.2, -0.15) is 13.5 Å². The van der Waals surface area contributed by atoms with Gasteiger partial charge in [-0.3, -0.25) is 28.0 Å². The van der Waals surface area contributed by atoms with E-state index < -0.39 is 22.5 Å². The van der Waals surface area contributed by atoms with Gasteiger partial charge in [0, 0.05) is 58.7 Å². The van der Waals surface area contributed by atoms with Gasteiger partial charge in [-0.15, -0.1) is 0 Å². The van der Waals surface area contributed by atoms with E-state index >= 15 is 0 Å². The molecule has 12 aromatic carbocycles. The minimum absolute atomic E-state index is 1.03. The highest BCUT2D eigenvalue weighted by atomic mass is 32.2. The molecule has 0 atom stereocenters. The van der Waals surface area contributed by atoms with Crippen molar-refractivity contribution in [2.75, 3.05) is 28.0 Å². The zero-order valence-corrected chi connectivity index (χ0v) is 55.1. The van der Waals surface area contributed by atoms with Gasteiger partial charge in [0.15, 0.2) is 0 Å². The molecule has 7 aliphatic heterocycles. The summed E-state index contributed by atoms with van der Waals surface area (Å²) in [4.78, 5) is 13.4. The molecule has 0 fully saturated rings. The fourth-order valence-corrected chi connectivity index (χ4v) is 35.5. The highest BCUT2D eigenvalue weighted by molar-refractivity contribution is 8.02. The van der Waals surface area contributed by atoms with Crippen molar-refractivity contribution in [1.29, 1.82) is 0 Å². The van der Waals surface area contributed by atoms with E-state index in [0.717, 1.165) is 127 Å². The van der Waals surface area contributed by atoms with Gasteiger partial charge in [0.25, 0.3) is 22.5 Å². The first-order chi connectivity index (χ1) is 44.6. The molecule has 0 unspecified atom stereocenters. The van der Waals surface area contributed by atoms with Crippen LogP contribution in [0.5, 0.6) is 0 Å². The summed E-state index contributed by atoms with van der Waals surface area (Å²) in [5.41, 5.74) is 12.4. The maximum Gasteiger partial charge on any atom is 0.283 e. The number of benzene rings is 12. The Bertz CT molecular complexity index is 4120. The van der Waals surface area contributed by atoms with E-state index in [1.807, 2.05) is 70.6 Å². The van der Waals surface area contributed by atoms with Crippen molar-refractivity contribution in [3.63, 3.8) is 0 Å². The first kappa shape index (κ1) is 54.0. The second-order valence-corrected chi connectivity index (χ2v) is 36.2. The minimum Gasteiger partial charge on any atom is -0.271 e. The summed E-state index contributed by atoms with van der Waals surface area (Å²) in [6, 6.07) is 108. The third kappa shape index (κ3) is 8.04. The predicted octanol–water partition coefficient (Wildman–Crippen LogP) is 25.7. The Hall–Kier alpha value is -7.77. The molecule has 0 aromatic heterocycles. The lowest BCUT2D eigenvalue weighted by molar-refractivity contribution is 1.13. The highest BCUT2D eigenvalue weighted by Gasteiger charge is 2.59. The zero-order valence-electron chi connectivity index (χ0n) is 47.5. The van der Waals surface area contributed by atoms with Crippen LogP contribution in [-0.4, -0.2) is 0 Å². The first-order valence-electron chi connectivity index (χ1n) is 29.5. The van der Waals surface area contributed by atoms with E-state index in [2.05, 4.69) is 319 Å². The summed E-state index contributed by atoms with van der Waals surface area (Å²) in [6.07, 6.45) is 0. The lowest BCUT2D eigenvalue weighted by atomic mass is 10.2. The van der Waals surface area contributed by atoms with Gasteiger partial charge in [0.1, 0.15) is 0 Å². The third-order valence-electron chi connectivity index (χ3n) is 16.8. The van der Waals surface area contributed by atoms with Crippen LogP contribution in [0.25, 0.3) is 0 Å². The fourth-order valence-electron chi connectivity index (χ4n) is 13.1. The Kier molecular flexibility index (Phi) is 12.7. The van der Waals surface area contributed by atoms with Gasteiger partial charge in [-0.05, 0) is 146 Å². The SMILES string of the molecule is c1ccc2c(c1)Sc1ccccc1N2P1(N2c3ccccc3Sc3ccccc32)=NP(N2c3ccccc3Sc3ccccc32)(N2c3ccccc3Sc3ccccc32)=NP(N2c3ccccc3Sc3ccccc32)(N2c3ccccc3Sc3ccccc32)=N1. The van der Waals surface area contributed by atoms with Crippen LogP contribution in [0.1, 0.15) is 0 Å². The molecule has 7 aliphatic rings. The molecule has 432 valence electrons. The van der Waals surface area contributed by atoms with Crippen molar-refractivity contribution in [1.82, 2.24) is 0 Å². The molecule has 0 N–H and O–H groups in total. The Balaban J connectivity index is 1.16. The van der Waals surface area contributed by atoms with E-state index in [4.69, 9.17) is 13.5 Å². The van der Waals surface area contributed by atoms with Crippen LogP contribution >= 0.6 is 93.1 Å². The van der Waals surface area contributed by atoms with Crippen LogP contribution in [0.4, 0.5) is 68.2 Å². The smallest absolute Gasteiger partial charge is 0.271 e. The number of para-hydroxylation sites is 12. The van der Waals surface area contributed by atoms with E-state index in [9.17, 15) is 0 Å². The average molecular weight is 1320 g/mol. The maximum absolute atomic E-state index is 7.46. The van der Waals surface area contributed by atoms with Crippen molar-refractivity contribution >= 4 is 161 Å². The molecular formula is C72H48N9P3S6. The van der Waals surface area contributed by atoms with Crippen molar-refractivity contribution in [2.45, 2.75) is 58.7 Å². The molecular weight excluding hydrogens is 1280 g/mol. The lowest BCUT2D eigenvalue weighted by Gasteiger charge is -2.56. The lowest BCUT2D eigenvalue weighted by Crippen LogP contribution is -2.36. The van der Waals surface area contributed by atoms with E-state index in [1.165, 1.54) is 0 Å². The summed E-state index contributed by atoms with van der Waals surface area (Å²) in [6.45, 7) is 0. The molecule has 0 spiro atoms. The predicted molar refractivity (Wildman–Crippen MR) is 383 cm³/mol. The molecule has 19 rings (SSSR count). The van der Waals surface area contributed by atoms with Crippen LogP contribution in [0, 0.1) is 0 Å². The molecule has 0 aliphatic carbocycles. The van der Waals surface area contributed by atoms with Crippen molar-refractivity contribution in [2.24, 2.45) is 13.5 Å². The molecule has 0 saturated carbocycles. The number of nitrogens with zero attached hydrogens (tertiary/aromatic N) is 9. The highest BCUT2D eigenvalue weighted by Crippen LogP contribution is 2.91. The summed E-state index contributed by atoms with van der Waals surface area (Å²) >= 11 is 10.9. The molecule has 7 heterocycles. The first-order valence-corrected chi connectivity index (χ1v) is 39.2. The Morgan fingerprint density at radius 2 is 0.256 bits per heavy atom. The number of hydrogen-bond acceptors (Lipinski definition) is 15. The van der Waals surface area contributed by atoms with Crippen LogP contribution in [0.2, 0.25) is 0 Å². The normalized spacial score (nSPS) is 16.8. The van der Waals surface area contributed by atoms with Gasteiger partial charge in [0.2, 0.25) is 0 Å². The summed E-state index contributed by atoms with van der Waals surface area (Å²) in [5, 5.41) is 0. The van der Waals surface area contributed by atoms with Gasteiger partial charge in [-0.25, -0.2) is 0 Å². The number of anilines is 12. The largest absolute Gasteiger partial charge is 0.283 e. The van der Waals surface area contributed by atoms with Crippen LogP contribution in [0.3, 0.4) is 0 Å². The van der Waals surface area contributed by atoms with E-state index in [0.29, 0.717) is 0 Å². The number of fused-ring (bicyclic) bond motifs is 12. The summed E-state index contributed by atoms with van der Waals surface area (Å²) in [5.74, 6) is 0. The molecule has 12 aromatic rings. The fraction of sp³-hybridized carbons (Fsp3) is 0. The Labute approximate surface area is 548 Å². The molecule has 90 heavy (non-hydrogen) atoms. The molecule has 0 saturated heterocycles. The van der Waals surface area contributed by atoms with Crippen LogP contribution in [0.15, 0.2) is 363 Å². The van der Waals surface area contributed by atoms with Gasteiger partial charge in [0.05, 0.1) is 68.2 Å². The topological polar surface area (TPSA) is 56.5 Å². The zero-order chi connectivity index (χ0) is 59.1. The van der Waals surface area contributed by atoms with Crippen molar-refractivity contribution < 1.29 is 0 Å². The molecule has 18 heteroatoms. The van der Waals surface area contributed by atoms with Crippen molar-refractivity contribution in [3.05, 3.63) is 291 Å². The Morgan fingerprint density at radius 1 is 0.156 bits per heavy atom. The number of rotatable bonds is 6. The number of hydrogen-bond donors (Lipinski definition) is 0. The van der Waals surface area contributed by atoms with E-state index in [1.54, 1.807) is 0 Å². The van der Waals surface area contributed by atoms with Crippen LogP contribution in [-0.2, 0) is 0 Å². The van der Waals surface area contributed by atoms with Gasteiger partial charge >= 0.3 is 0 Å². The third-order valence-corrected chi connectivity index (χ3v) is 35.1. The van der Waals surface area contributed by atoms with Gasteiger partial charge < -0.3 is 0 Å². The standard InChI is InChI=1S/C72H48N9P3S6/c1-13-37-61-49(25-1)76(50-26-2-14-38-62(50)85-61)82(77-51-27-3-15-39-63(51)86-64-40-16-4-28-52(64)77)73-83(78-53-29-5-17-41-65(53)87-66-42-18-6-30-54(66)78,79-55-31-7-19-43-67(55)88-68-44-20-8-32-56(68)79)75-84(74-82,80-57-33-9-21-45-69(57)89-70-46-22-10-34-58(70)80)81-59-35-11-23-47-71(59)90-72-48-24-12-36-60(72)81/h1-48H. The molecule has 0 bridgehead atoms. The quantitative estimate of drug-likeness (QED) is 0.149. The second kappa shape index (κ2) is 21.2. The minimum atomic E-state index is -4.17. The van der Waals surface area contributed by atoms with Gasteiger partial charge in [-0.1, -0.05) is 216 Å². The Morgan fingerprint density at radius 3 is 0.367 bits per heavy atom. The van der Waals surface area contributed by atoms with Crippen LogP contribution < -0.4 is 28.0 Å². The average Bonchev–Trinajstić information content (AvgIpc) is 0.662.